The molecule has 0 spiro atoms. The normalized spacial score (nSPS) is 10.8. The summed E-state index contributed by atoms with van der Waals surface area (Å²) >= 11 is 0. The van der Waals surface area contributed by atoms with Crippen molar-refractivity contribution in [3.05, 3.63) is 35.9 Å². The molecule has 0 aliphatic carbocycles. The summed E-state index contributed by atoms with van der Waals surface area (Å²) in [6.07, 6.45) is -0.946. The lowest BCUT2D eigenvalue weighted by atomic mass is 10.1. The highest BCUT2D eigenvalue weighted by Gasteiger charge is 2.26. The van der Waals surface area contributed by atoms with Gasteiger partial charge in [0.05, 0.1) is 6.42 Å². The summed E-state index contributed by atoms with van der Waals surface area (Å²) in [4.78, 5) is 22.2. The Morgan fingerprint density at radius 3 is 2.39 bits per heavy atom. The van der Waals surface area contributed by atoms with Gasteiger partial charge in [0.1, 0.15) is 12.2 Å². The van der Waals surface area contributed by atoms with Gasteiger partial charge in [-0.05, 0) is 19.4 Å². The predicted molar refractivity (Wildman–Crippen MR) is 65.6 cm³/mol. The molecule has 0 aliphatic heterocycles. The Kier molecular flexibility index (Phi) is 4.71. The van der Waals surface area contributed by atoms with Gasteiger partial charge in [0.25, 0.3) is 0 Å². The summed E-state index contributed by atoms with van der Waals surface area (Å²) in [7, 11) is 0. The molecule has 0 aliphatic rings. The zero-order valence-electron chi connectivity index (χ0n) is 10.5. The number of hydrogen-bond acceptors (Lipinski definition) is 4. The molecule has 5 heteroatoms. The van der Waals surface area contributed by atoms with Crippen molar-refractivity contribution in [1.29, 1.82) is 0 Å². The maximum atomic E-state index is 11.6. The van der Waals surface area contributed by atoms with E-state index >= 15 is 0 Å². The third-order valence-corrected chi connectivity index (χ3v) is 2.19. The molecular weight excluding hydrogens is 234 g/mol. The Morgan fingerprint density at radius 2 is 1.83 bits per heavy atom. The van der Waals surface area contributed by atoms with E-state index in [-0.39, 0.29) is 13.0 Å². The second-order valence-corrected chi connectivity index (χ2v) is 4.50. The zero-order valence-corrected chi connectivity index (χ0v) is 10.5. The van der Waals surface area contributed by atoms with E-state index in [1.807, 2.05) is 30.3 Å². The minimum absolute atomic E-state index is 0.0389. The molecule has 18 heavy (non-hydrogen) atoms. The molecule has 0 atom stereocenters. The molecule has 1 amide bonds. The highest BCUT2D eigenvalue weighted by Crippen LogP contribution is 2.15. The highest BCUT2D eigenvalue weighted by molar-refractivity contribution is 5.72. The van der Waals surface area contributed by atoms with Crippen LogP contribution in [0.25, 0.3) is 0 Å². The van der Waals surface area contributed by atoms with Crippen LogP contribution < -0.4 is 5.73 Å². The molecule has 0 radical (unpaired) electrons. The van der Waals surface area contributed by atoms with Crippen LogP contribution in [-0.4, -0.2) is 17.7 Å². The topological polar surface area (TPSA) is 78.6 Å². The summed E-state index contributed by atoms with van der Waals surface area (Å²) < 4.78 is 9.87. The number of carbonyl (C=O) groups is 2. The van der Waals surface area contributed by atoms with Crippen molar-refractivity contribution in [2.45, 2.75) is 32.5 Å². The van der Waals surface area contributed by atoms with Crippen molar-refractivity contribution in [2.75, 3.05) is 0 Å². The molecule has 2 N–H and O–H groups in total. The van der Waals surface area contributed by atoms with Crippen molar-refractivity contribution in [2.24, 2.45) is 5.73 Å². The number of amides is 1. The molecule has 5 nitrogen and oxygen atoms in total. The van der Waals surface area contributed by atoms with Crippen molar-refractivity contribution < 1.29 is 19.1 Å². The lowest BCUT2D eigenvalue weighted by molar-refractivity contribution is -0.149. The zero-order chi connectivity index (χ0) is 13.6. The summed E-state index contributed by atoms with van der Waals surface area (Å²) in [6, 6.07) is 9.33. The molecule has 1 rings (SSSR count). The molecule has 98 valence electrons. The van der Waals surface area contributed by atoms with Gasteiger partial charge in [-0.15, -0.1) is 0 Å². The fourth-order valence-corrected chi connectivity index (χ4v) is 1.45. The van der Waals surface area contributed by atoms with E-state index < -0.39 is 17.7 Å². The first-order chi connectivity index (χ1) is 8.39. The van der Waals surface area contributed by atoms with Gasteiger partial charge < -0.3 is 15.2 Å². The van der Waals surface area contributed by atoms with Gasteiger partial charge in [-0.25, -0.2) is 4.79 Å². The number of carbonyl (C=O) groups excluding carboxylic acids is 2. The molecule has 0 unspecified atom stereocenters. The van der Waals surface area contributed by atoms with E-state index in [0.717, 1.165) is 5.56 Å². The number of hydrogen-bond donors (Lipinski definition) is 1. The second kappa shape index (κ2) is 6.05. The Hall–Kier alpha value is -2.04. The minimum Gasteiger partial charge on any atom is -0.461 e. The van der Waals surface area contributed by atoms with E-state index in [0.29, 0.717) is 0 Å². The van der Waals surface area contributed by atoms with Gasteiger partial charge in [0, 0.05) is 0 Å². The molecule has 0 aromatic heterocycles. The number of nitrogens with two attached hydrogens (primary N) is 1. The molecule has 1 aromatic carbocycles. The standard InChI is InChI=1S/C13H17NO4/c1-13(2,18-12(14)16)8-11(15)17-9-10-6-4-3-5-7-10/h3-7H,8-9H2,1-2H3,(H2,14,16). The molecular formula is C13H17NO4. The van der Waals surface area contributed by atoms with Crippen LogP contribution >= 0.6 is 0 Å². The molecule has 0 saturated carbocycles. The number of rotatable bonds is 5. The molecule has 0 bridgehead atoms. The second-order valence-electron chi connectivity index (χ2n) is 4.50. The monoisotopic (exact) mass is 251 g/mol. The Morgan fingerprint density at radius 1 is 1.22 bits per heavy atom. The average Bonchev–Trinajstić information content (AvgIpc) is 2.25. The van der Waals surface area contributed by atoms with Gasteiger partial charge >= 0.3 is 12.1 Å². The fraction of sp³-hybridized carbons (Fsp3) is 0.385. The highest BCUT2D eigenvalue weighted by atomic mass is 16.6. The summed E-state index contributed by atoms with van der Waals surface area (Å²) in [6.45, 7) is 3.40. The van der Waals surface area contributed by atoms with Crippen LogP contribution in [0.5, 0.6) is 0 Å². The van der Waals surface area contributed by atoms with Gasteiger partial charge in [-0.1, -0.05) is 30.3 Å². The van der Waals surface area contributed by atoms with E-state index in [1.54, 1.807) is 13.8 Å². The van der Waals surface area contributed by atoms with Crippen LogP contribution in [0, 0.1) is 0 Å². The van der Waals surface area contributed by atoms with Crippen molar-refractivity contribution in [3.8, 4) is 0 Å². The maximum Gasteiger partial charge on any atom is 0.405 e. The van der Waals surface area contributed by atoms with Gasteiger partial charge in [-0.3, -0.25) is 4.79 Å². The lowest BCUT2D eigenvalue weighted by Gasteiger charge is -2.22. The lowest BCUT2D eigenvalue weighted by Crippen LogP contribution is -2.33. The Bertz CT molecular complexity index is 414. The first-order valence-corrected chi connectivity index (χ1v) is 5.57. The summed E-state index contributed by atoms with van der Waals surface area (Å²) in [5, 5.41) is 0. The van der Waals surface area contributed by atoms with Crippen LogP contribution in [0.2, 0.25) is 0 Å². The van der Waals surface area contributed by atoms with Crippen LogP contribution in [0.1, 0.15) is 25.8 Å². The van der Waals surface area contributed by atoms with Gasteiger partial charge in [0.2, 0.25) is 0 Å². The third kappa shape index (κ3) is 5.34. The van der Waals surface area contributed by atoms with E-state index in [4.69, 9.17) is 15.2 Å². The average molecular weight is 251 g/mol. The smallest absolute Gasteiger partial charge is 0.405 e. The van der Waals surface area contributed by atoms with Crippen molar-refractivity contribution >= 4 is 12.1 Å². The predicted octanol–water partition coefficient (Wildman–Crippen LogP) is 1.99. The number of benzene rings is 1. The maximum absolute atomic E-state index is 11.6. The fourth-order valence-electron chi connectivity index (χ4n) is 1.45. The van der Waals surface area contributed by atoms with Crippen LogP contribution in [0.4, 0.5) is 4.79 Å². The van der Waals surface area contributed by atoms with Gasteiger partial charge in [0.15, 0.2) is 0 Å². The van der Waals surface area contributed by atoms with Crippen molar-refractivity contribution in [3.63, 3.8) is 0 Å². The van der Waals surface area contributed by atoms with E-state index in [1.165, 1.54) is 0 Å². The minimum atomic E-state index is -0.959. The summed E-state index contributed by atoms with van der Waals surface area (Å²) in [5.41, 5.74) is 4.85. The third-order valence-electron chi connectivity index (χ3n) is 2.19. The molecule has 0 saturated heterocycles. The quantitative estimate of drug-likeness (QED) is 0.812. The SMILES string of the molecule is CC(C)(CC(=O)OCc1ccccc1)OC(N)=O. The molecule has 1 aromatic rings. The molecule has 0 fully saturated rings. The summed E-state index contributed by atoms with van der Waals surface area (Å²) in [5.74, 6) is -0.440. The van der Waals surface area contributed by atoms with Crippen molar-refractivity contribution in [1.82, 2.24) is 0 Å². The van der Waals surface area contributed by atoms with Crippen LogP contribution in [0.15, 0.2) is 30.3 Å². The first kappa shape index (κ1) is 14.0. The van der Waals surface area contributed by atoms with Crippen LogP contribution in [-0.2, 0) is 20.9 Å². The Balaban J connectivity index is 2.40. The number of primary amides is 1. The Labute approximate surface area is 106 Å². The number of ether oxygens (including phenoxy) is 2. The van der Waals surface area contributed by atoms with Gasteiger partial charge in [-0.2, -0.15) is 0 Å². The van der Waals surface area contributed by atoms with E-state index in [9.17, 15) is 9.59 Å². The number of esters is 1. The van der Waals surface area contributed by atoms with E-state index in [2.05, 4.69) is 0 Å². The molecule has 0 heterocycles. The first-order valence-electron chi connectivity index (χ1n) is 5.57. The van der Waals surface area contributed by atoms with Crippen LogP contribution in [0.3, 0.4) is 0 Å². The largest absolute Gasteiger partial charge is 0.461 e.